The van der Waals surface area contributed by atoms with E-state index in [4.69, 9.17) is 0 Å². The summed E-state index contributed by atoms with van der Waals surface area (Å²) in [6, 6.07) is 3.94. The van der Waals surface area contributed by atoms with Gasteiger partial charge in [-0.05, 0) is 52.7 Å². The third-order valence-corrected chi connectivity index (χ3v) is 3.40. The van der Waals surface area contributed by atoms with E-state index < -0.39 is 0 Å². The van der Waals surface area contributed by atoms with Crippen molar-refractivity contribution in [1.29, 1.82) is 0 Å². The monoisotopic (exact) mass is 276 g/mol. The van der Waals surface area contributed by atoms with Gasteiger partial charge < -0.3 is 10.2 Å². The van der Waals surface area contributed by atoms with E-state index in [0.717, 1.165) is 37.4 Å². The van der Waals surface area contributed by atoms with Gasteiger partial charge in [0.1, 0.15) is 0 Å². The summed E-state index contributed by atoms with van der Waals surface area (Å²) in [6.45, 7) is 9.62. The molecule has 1 N–H and O–H groups in total. The van der Waals surface area contributed by atoms with Gasteiger partial charge in [0, 0.05) is 18.6 Å². The number of carbonyl (C=O) groups is 1. The summed E-state index contributed by atoms with van der Waals surface area (Å²) in [5.41, 5.74) is 0.732. The highest BCUT2D eigenvalue weighted by Gasteiger charge is 2.28. The predicted octanol–water partition coefficient (Wildman–Crippen LogP) is 1.92. The molecule has 5 nitrogen and oxygen atoms in total. The molecular weight excluding hydrogens is 252 g/mol. The molecule has 0 aromatic carbocycles. The van der Waals surface area contributed by atoms with Crippen LogP contribution in [0, 0.1) is 12.8 Å². The average Bonchev–Trinajstić information content (AvgIpc) is 2.38. The normalized spacial score (nSPS) is 19.8. The van der Waals surface area contributed by atoms with Crippen molar-refractivity contribution >= 4 is 11.7 Å². The summed E-state index contributed by atoms with van der Waals surface area (Å²) in [6.07, 6.45) is 1.95. The highest BCUT2D eigenvalue weighted by Crippen LogP contribution is 2.22. The molecule has 0 spiro atoms. The van der Waals surface area contributed by atoms with Crippen LogP contribution in [-0.2, 0) is 4.79 Å². The van der Waals surface area contributed by atoms with Crippen molar-refractivity contribution in [3.63, 3.8) is 0 Å². The third kappa shape index (κ3) is 3.92. The fourth-order valence-corrected chi connectivity index (χ4v) is 2.43. The summed E-state index contributed by atoms with van der Waals surface area (Å²) < 4.78 is 0. The first-order chi connectivity index (χ1) is 9.35. The summed E-state index contributed by atoms with van der Waals surface area (Å²) in [5, 5.41) is 11.4. The van der Waals surface area contributed by atoms with Gasteiger partial charge in [0.05, 0.1) is 11.6 Å². The maximum absolute atomic E-state index is 12.3. The number of piperidine rings is 1. The fraction of sp³-hybridized carbons (Fsp3) is 0.667. The zero-order valence-corrected chi connectivity index (χ0v) is 12.8. The van der Waals surface area contributed by atoms with Crippen LogP contribution >= 0.6 is 0 Å². The Morgan fingerprint density at radius 3 is 2.70 bits per heavy atom. The molecule has 0 bridgehead atoms. The Hall–Kier alpha value is -1.65. The lowest BCUT2D eigenvalue weighted by molar-refractivity contribution is -0.126. The van der Waals surface area contributed by atoms with Crippen LogP contribution in [0.3, 0.4) is 0 Å². The smallest absolute Gasteiger partial charge is 0.225 e. The number of amides is 1. The molecule has 1 aromatic heterocycles. The number of aromatic nitrogens is 2. The van der Waals surface area contributed by atoms with Gasteiger partial charge in [-0.3, -0.25) is 4.79 Å². The van der Waals surface area contributed by atoms with Crippen LogP contribution in [0.2, 0.25) is 0 Å². The molecule has 1 fully saturated rings. The Morgan fingerprint density at radius 1 is 1.35 bits per heavy atom. The molecule has 1 saturated heterocycles. The number of nitrogens with zero attached hydrogens (tertiary/aromatic N) is 3. The molecule has 20 heavy (non-hydrogen) atoms. The molecule has 0 radical (unpaired) electrons. The van der Waals surface area contributed by atoms with E-state index >= 15 is 0 Å². The van der Waals surface area contributed by atoms with Crippen molar-refractivity contribution in [2.24, 2.45) is 5.92 Å². The highest BCUT2D eigenvalue weighted by molar-refractivity contribution is 5.80. The van der Waals surface area contributed by atoms with Crippen molar-refractivity contribution in [1.82, 2.24) is 15.5 Å². The highest BCUT2D eigenvalue weighted by atomic mass is 16.2. The second-order valence-corrected chi connectivity index (χ2v) is 6.56. The van der Waals surface area contributed by atoms with Crippen molar-refractivity contribution in [2.45, 2.75) is 46.1 Å². The van der Waals surface area contributed by atoms with E-state index in [1.54, 1.807) is 0 Å². The number of rotatable bonds is 2. The second-order valence-electron chi connectivity index (χ2n) is 6.56. The summed E-state index contributed by atoms with van der Waals surface area (Å²) in [4.78, 5) is 14.4. The van der Waals surface area contributed by atoms with E-state index in [0.29, 0.717) is 0 Å². The number of hydrogen-bond acceptors (Lipinski definition) is 4. The van der Waals surface area contributed by atoms with Gasteiger partial charge in [0.25, 0.3) is 0 Å². The summed E-state index contributed by atoms with van der Waals surface area (Å²) >= 11 is 0. The molecule has 2 heterocycles. The molecule has 1 atom stereocenters. The molecule has 2 rings (SSSR count). The molecule has 1 amide bonds. The van der Waals surface area contributed by atoms with Gasteiger partial charge in [0.2, 0.25) is 5.91 Å². The molecule has 0 aliphatic carbocycles. The van der Waals surface area contributed by atoms with E-state index in [1.807, 2.05) is 39.8 Å². The van der Waals surface area contributed by atoms with Crippen molar-refractivity contribution in [2.75, 3.05) is 18.0 Å². The van der Waals surface area contributed by atoms with Crippen LogP contribution in [-0.4, -0.2) is 34.7 Å². The van der Waals surface area contributed by atoms with Crippen molar-refractivity contribution < 1.29 is 4.79 Å². The summed E-state index contributed by atoms with van der Waals surface area (Å²) in [5.74, 6) is 1.04. The van der Waals surface area contributed by atoms with E-state index in [1.165, 1.54) is 0 Å². The number of carbonyl (C=O) groups excluding carboxylic acids is 1. The molecular formula is C15H24N4O. The summed E-state index contributed by atoms with van der Waals surface area (Å²) in [7, 11) is 0. The van der Waals surface area contributed by atoms with Gasteiger partial charge >= 0.3 is 0 Å². The van der Waals surface area contributed by atoms with Gasteiger partial charge in [-0.15, -0.1) is 5.10 Å². The van der Waals surface area contributed by atoms with Crippen LogP contribution in [0.1, 0.15) is 39.3 Å². The molecule has 1 aliphatic heterocycles. The quantitative estimate of drug-likeness (QED) is 0.896. The van der Waals surface area contributed by atoms with Gasteiger partial charge in [0.15, 0.2) is 5.82 Å². The van der Waals surface area contributed by atoms with E-state index in [9.17, 15) is 4.79 Å². The molecule has 1 aliphatic rings. The molecule has 1 aromatic rings. The van der Waals surface area contributed by atoms with Crippen LogP contribution in [0.4, 0.5) is 5.82 Å². The predicted molar refractivity (Wildman–Crippen MR) is 79.6 cm³/mol. The lowest BCUT2D eigenvalue weighted by Gasteiger charge is -2.34. The Morgan fingerprint density at radius 2 is 2.10 bits per heavy atom. The SMILES string of the molecule is Cc1ccc(N2CCCC(C(=O)NC(C)(C)C)C2)nn1. The molecule has 0 saturated carbocycles. The zero-order valence-electron chi connectivity index (χ0n) is 12.8. The third-order valence-electron chi connectivity index (χ3n) is 3.40. The van der Waals surface area contributed by atoms with Gasteiger partial charge in [-0.2, -0.15) is 5.10 Å². The van der Waals surface area contributed by atoms with E-state index in [2.05, 4.69) is 20.4 Å². The topological polar surface area (TPSA) is 58.1 Å². The second kappa shape index (κ2) is 5.77. The zero-order chi connectivity index (χ0) is 14.8. The van der Waals surface area contributed by atoms with Crippen LogP contribution in [0.25, 0.3) is 0 Å². The number of hydrogen-bond donors (Lipinski definition) is 1. The maximum atomic E-state index is 12.3. The molecule has 5 heteroatoms. The first-order valence-electron chi connectivity index (χ1n) is 7.22. The molecule has 110 valence electrons. The van der Waals surface area contributed by atoms with Gasteiger partial charge in [-0.25, -0.2) is 0 Å². The van der Waals surface area contributed by atoms with Crippen molar-refractivity contribution in [3.8, 4) is 0 Å². The standard InChI is InChI=1S/C15H24N4O/c1-11-7-8-13(18-17-11)19-9-5-6-12(10-19)14(20)16-15(2,3)4/h7-8,12H,5-6,9-10H2,1-4H3,(H,16,20). The lowest BCUT2D eigenvalue weighted by atomic mass is 9.95. The van der Waals surface area contributed by atoms with Crippen molar-refractivity contribution in [3.05, 3.63) is 17.8 Å². The largest absolute Gasteiger partial charge is 0.354 e. The maximum Gasteiger partial charge on any atom is 0.225 e. The minimum absolute atomic E-state index is 0.0334. The Kier molecular flexibility index (Phi) is 4.26. The number of aryl methyl sites for hydroxylation is 1. The van der Waals surface area contributed by atoms with Crippen LogP contribution < -0.4 is 10.2 Å². The Bertz CT molecular complexity index is 464. The average molecular weight is 276 g/mol. The first kappa shape index (κ1) is 14.8. The first-order valence-corrected chi connectivity index (χ1v) is 7.22. The molecule has 1 unspecified atom stereocenters. The Labute approximate surface area is 120 Å². The minimum atomic E-state index is -0.178. The fourth-order valence-electron chi connectivity index (χ4n) is 2.43. The van der Waals surface area contributed by atoms with Crippen LogP contribution in [0.5, 0.6) is 0 Å². The lowest BCUT2D eigenvalue weighted by Crippen LogP contribution is -2.48. The van der Waals surface area contributed by atoms with Gasteiger partial charge in [-0.1, -0.05) is 0 Å². The minimum Gasteiger partial charge on any atom is -0.354 e. The Balaban J connectivity index is 2.01. The number of nitrogens with one attached hydrogen (secondary N) is 1. The number of anilines is 1. The van der Waals surface area contributed by atoms with E-state index in [-0.39, 0.29) is 17.4 Å². The van der Waals surface area contributed by atoms with Crippen LogP contribution in [0.15, 0.2) is 12.1 Å².